The largest absolute Gasteiger partial charge is 0.294 e. The number of rotatable bonds is 2. The molecule has 92 valence electrons. The molecule has 0 aromatic carbocycles. The SMILES string of the molecule is Cc1cncc(C2CCC(C(=O)NN)CC2)n1. The lowest BCUT2D eigenvalue weighted by Crippen LogP contribution is -2.37. The maximum Gasteiger partial charge on any atom is 0.236 e. The van der Waals surface area contributed by atoms with Gasteiger partial charge in [0, 0.05) is 24.2 Å². The fourth-order valence-corrected chi connectivity index (χ4v) is 2.45. The Hall–Kier alpha value is -1.49. The van der Waals surface area contributed by atoms with Crippen LogP contribution in [0.1, 0.15) is 43.0 Å². The van der Waals surface area contributed by atoms with E-state index in [1.807, 2.05) is 13.1 Å². The van der Waals surface area contributed by atoms with Crippen LogP contribution in [0, 0.1) is 12.8 Å². The van der Waals surface area contributed by atoms with Crippen LogP contribution >= 0.6 is 0 Å². The van der Waals surface area contributed by atoms with E-state index in [1.54, 1.807) is 6.20 Å². The molecule has 2 rings (SSSR count). The molecule has 0 atom stereocenters. The average Bonchev–Trinajstić information content (AvgIpc) is 2.38. The van der Waals surface area contributed by atoms with Gasteiger partial charge in [-0.15, -0.1) is 0 Å². The topological polar surface area (TPSA) is 80.9 Å². The number of hydrogen-bond donors (Lipinski definition) is 2. The van der Waals surface area contributed by atoms with Crippen molar-refractivity contribution in [3.8, 4) is 0 Å². The maximum atomic E-state index is 11.4. The van der Waals surface area contributed by atoms with E-state index in [9.17, 15) is 4.79 Å². The van der Waals surface area contributed by atoms with Crippen molar-refractivity contribution < 1.29 is 4.79 Å². The van der Waals surface area contributed by atoms with Gasteiger partial charge in [-0.25, -0.2) is 5.84 Å². The molecule has 1 saturated carbocycles. The van der Waals surface area contributed by atoms with Gasteiger partial charge in [0.05, 0.1) is 11.4 Å². The first-order chi connectivity index (χ1) is 8.20. The molecule has 0 bridgehead atoms. The molecule has 0 saturated heterocycles. The molecule has 1 aromatic heterocycles. The number of hydrazine groups is 1. The van der Waals surface area contributed by atoms with E-state index in [0.717, 1.165) is 37.1 Å². The second-order valence-corrected chi connectivity index (χ2v) is 4.64. The summed E-state index contributed by atoms with van der Waals surface area (Å²) in [5.41, 5.74) is 4.23. The van der Waals surface area contributed by atoms with Crippen molar-refractivity contribution in [2.75, 3.05) is 0 Å². The van der Waals surface area contributed by atoms with Crippen molar-refractivity contribution in [3.63, 3.8) is 0 Å². The summed E-state index contributed by atoms with van der Waals surface area (Å²) < 4.78 is 0. The fourth-order valence-electron chi connectivity index (χ4n) is 2.45. The van der Waals surface area contributed by atoms with Gasteiger partial charge >= 0.3 is 0 Å². The lowest BCUT2D eigenvalue weighted by atomic mass is 9.80. The number of aromatic nitrogens is 2. The van der Waals surface area contributed by atoms with Crippen molar-refractivity contribution in [1.82, 2.24) is 15.4 Å². The number of carbonyl (C=O) groups excluding carboxylic acids is 1. The Balaban J connectivity index is 1.97. The fraction of sp³-hybridized carbons (Fsp3) is 0.583. The van der Waals surface area contributed by atoms with Crippen LogP contribution in [0.3, 0.4) is 0 Å². The molecule has 0 unspecified atom stereocenters. The Morgan fingerprint density at radius 3 is 2.65 bits per heavy atom. The van der Waals surface area contributed by atoms with E-state index in [0.29, 0.717) is 5.92 Å². The molecule has 1 heterocycles. The van der Waals surface area contributed by atoms with Crippen LogP contribution in [0.5, 0.6) is 0 Å². The predicted octanol–water partition coefficient (Wildman–Crippen LogP) is 1.05. The summed E-state index contributed by atoms with van der Waals surface area (Å²) in [5, 5.41) is 0. The quantitative estimate of drug-likeness (QED) is 0.455. The number of hydrogen-bond acceptors (Lipinski definition) is 4. The molecule has 1 aliphatic carbocycles. The summed E-state index contributed by atoms with van der Waals surface area (Å²) in [4.78, 5) is 20.1. The summed E-state index contributed by atoms with van der Waals surface area (Å²) in [5.74, 6) is 5.60. The van der Waals surface area contributed by atoms with Gasteiger partial charge in [-0.1, -0.05) is 0 Å². The number of amides is 1. The van der Waals surface area contributed by atoms with Crippen LogP contribution < -0.4 is 11.3 Å². The number of nitrogens with two attached hydrogens (primary N) is 1. The van der Waals surface area contributed by atoms with Crippen molar-refractivity contribution in [2.45, 2.75) is 38.5 Å². The summed E-state index contributed by atoms with van der Waals surface area (Å²) in [6.07, 6.45) is 7.32. The highest BCUT2D eigenvalue weighted by molar-refractivity contribution is 5.78. The standard InChI is InChI=1S/C12H18N4O/c1-8-6-14-7-11(15-8)9-2-4-10(5-3-9)12(17)16-13/h6-7,9-10H,2-5,13H2,1H3,(H,16,17). The monoisotopic (exact) mass is 234 g/mol. The predicted molar refractivity (Wildman–Crippen MR) is 63.8 cm³/mol. The van der Waals surface area contributed by atoms with Gasteiger partial charge in [-0.2, -0.15) is 0 Å². The molecule has 5 nitrogen and oxygen atoms in total. The lowest BCUT2D eigenvalue weighted by Gasteiger charge is -2.26. The molecule has 1 aliphatic rings. The lowest BCUT2D eigenvalue weighted by molar-refractivity contribution is -0.126. The Morgan fingerprint density at radius 1 is 1.35 bits per heavy atom. The minimum absolute atomic E-state index is 0.0428. The van der Waals surface area contributed by atoms with Gasteiger partial charge in [0.1, 0.15) is 0 Å². The van der Waals surface area contributed by atoms with Crippen LogP contribution in [0.15, 0.2) is 12.4 Å². The summed E-state index contributed by atoms with van der Waals surface area (Å²) in [6.45, 7) is 1.95. The van der Waals surface area contributed by atoms with Gasteiger partial charge in [-0.3, -0.25) is 20.2 Å². The zero-order valence-electron chi connectivity index (χ0n) is 10.0. The van der Waals surface area contributed by atoms with Crippen molar-refractivity contribution in [3.05, 3.63) is 23.8 Å². The van der Waals surface area contributed by atoms with Gasteiger partial charge < -0.3 is 0 Å². The second kappa shape index (κ2) is 5.23. The van der Waals surface area contributed by atoms with E-state index in [4.69, 9.17) is 5.84 Å². The Labute approximate surface area is 101 Å². The molecule has 1 amide bonds. The van der Waals surface area contributed by atoms with Gasteiger partial charge in [0.15, 0.2) is 0 Å². The molecular formula is C12H18N4O. The van der Waals surface area contributed by atoms with E-state index in [1.165, 1.54) is 0 Å². The third-order valence-electron chi connectivity index (χ3n) is 3.43. The van der Waals surface area contributed by atoms with E-state index >= 15 is 0 Å². The van der Waals surface area contributed by atoms with Gasteiger partial charge in [0.2, 0.25) is 5.91 Å². The highest BCUT2D eigenvalue weighted by Gasteiger charge is 2.27. The summed E-state index contributed by atoms with van der Waals surface area (Å²) in [6, 6.07) is 0. The third-order valence-corrected chi connectivity index (χ3v) is 3.43. The molecule has 1 fully saturated rings. The number of aryl methyl sites for hydroxylation is 1. The van der Waals surface area contributed by atoms with Crippen molar-refractivity contribution in [1.29, 1.82) is 0 Å². The van der Waals surface area contributed by atoms with E-state index in [2.05, 4.69) is 15.4 Å². The van der Waals surface area contributed by atoms with E-state index < -0.39 is 0 Å². The summed E-state index contributed by atoms with van der Waals surface area (Å²) in [7, 11) is 0. The van der Waals surface area contributed by atoms with Crippen LogP contribution in [-0.4, -0.2) is 15.9 Å². The normalized spacial score (nSPS) is 24.4. The molecule has 5 heteroatoms. The van der Waals surface area contributed by atoms with Gasteiger partial charge in [0.25, 0.3) is 0 Å². The zero-order chi connectivity index (χ0) is 12.3. The van der Waals surface area contributed by atoms with Crippen molar-refractivity contribution >= 4 is 5.91 Å². The highest BCUT2D eigenvalue weighted by Crippen LogP contribution is 2.34. The smallest absolute Gasteiger partial charge is 0.236 e. The van der Waals surface area contributed by atoms with Crippen LogP contribution in [0.25, 0.3) is 0 Å². The highest BCUT2D eigenvalue weighted by atomic mass is 16.2. The van der Waals surface area contributed by atoms with Crippen molar-refractivity contribution in [2.24, 2.45) is 11.8 Å². The first-order valence-electron chi connectivity index (χ1n) is 5.99. The number of nitrogens with one attached hydrogen (secondary N) is 1. The maximum absolute atomic E-state index is 11.4. The molecular weight excluding hydrogens is 216 g/mol. The second-order valence-electron chi connectivity index (χ2n) is 4.64. The first kappa shape index (κ1) is 12.0. The van der Waals surface area contributed by atoms with Crippen LogP contribution in [-0.2, 0) is 4.79 Å². The first-order valence-corrected chi connectivity index (χ1v) is 5.99. The number of carbonyl (C=O) groups is 1. The minimum atomic E-state index is -0.0428. The Morgan fingerprint density at radius 2 is 2.06 bits per heavy atom. The third kappa shape index (κ3) is 2.79. The minimum Gasteiger partial charge on any atom is -0.294 e. The summed E-state index contributed by atoms with van der Waals surface area (Å²) >= 11 is 0. The molecule has 0 spiro atoms. The molecule has 3 N–H and O–H groups in total. The van der Waals surface area contributed by atoms with Crippen LogP contribution in [0.2, 0.25) is 0 Å². The molecule has 0 aliphatic heterocycles. The zero-order valence-corrected chi connectivity index (χ0v) is 10.0. The Kier molecular flexibility index (Phi) is 3.68. The molecule has 1 aromatic rings. The molecule has 0 radical (unpaired) electrons. The van der Waals surface area contributed by atoms with Crippen LogP contribution in [0.4, 0.5) is 0 Å². The number of nitrogens with zero attached hydrogens (tertiary/aromatic N) is 2. The molecule has 17 heavy (non-hydrogen) atoms. The van der Waals surface area contributed by atoms with Gasteiger partial charge in [-0.05, 0) is 32.6 Å². The average molecular weight is 234 g/mol. The van der Waals surface area contributed by atoms with E-state index in [-0.39, 0.29) is 11.8 Å². The Bertz CT molecular complexity index is 399.